The summed E-state index contributed by atoms with van der Waals surface area (Å²) in [5.41, 5.74) is 0. The second-order valence-corrected chi connectivity index (χ2v) is 25.2. The molecule has 0 fully saturated rings. The lowest BCUT2D eigenvalue weighted by molar-refractivity contribution is -0.146. The Bertz CT molecular complexity index is 1990. The number of carbonyl (C=O) groups is 9. The van der Waals surface area contributed by atoms with Crippen LogP contribution in [0.15, 0.2) is 0 Å². The fourth-order valence-electron chi connectivity index (χ4n) is 9.16. The quantitative estimate of drug-likeness (QED) is 0.0196. The maximum absolute atomic E-state index is 11.9. The van der Waals surface area contributed by atoms with Crippen LogP contribution in [0.3, 0.4) is 0 Å². The minimum atomic E-state index is -0.258. The predicted molar refractivity (Wildman–Crippen MR) is 414 cm³/mol. The number of aliphatic hydroxyl groups is 5. The SMILES string of the molecule is CCCOC(=O)CCCCCN(CCO)CCC(=O)OCCC.CCCOC(=O)CCCCCNCCO.CCCOC(=O)CCN(CCC)CCO.CCCOC(=O)CCN(CCNCCO)CCC(=O)OCCC.CCCOC(=O)CCN(CCO)CCN(CCC(=O)OCCC)CCC(=O)OCCC. The van der Waals surface area contributed by atoms with E-state index in [1.807, 2.05) is 77.0 Å². The van der Waals surface area contributed by atoms with Crippen molar-refractivity contribution in [1.29, 1.82) is 0 Å². The Balaban J connectivity index is -0.000000416. The molecule has 107 heavy (non-hydrogen) atoms. The molecule has 0 bridgehead atoms. The molecule has 0 heterocycles. The number of nitrogens with zero attached hydrogens (tertiary/aromatic N) is 5. The van der Waals surface area contributed by atoms with Gasteiger partial charge in [0.05, 0.1) is 137 Å². The Morgan fingerprint density at radius 2 is 0.430 bits per heavy atom. The molecule has 0 aromatic carbocycles. The monoisotopic (exact) mass is 1540 g/mol. The van der Waals surface area contributed by atoms with E-state index in [0.717, 1.165) is 122 Å². The Morgan fingerprint density at radius 3 is 0.682 bits per heavy atom. The lowest BCUT2D eigenvalue weighted by atomic mass is 10.2. The zero-order valence-electron chi connectivity index (χ0n) is 68.3. The molecule has 0 saturated carbocycles. The first-order chi connectivity index (χ1) is 51.8. The van der Waals surface area contributed by atoms with Gasteiger partial charge in [0.2, 0.25) is 0 Å². The highest BCUT2D eigenvalue weighted by molar-refractivity contribution is 5.72. The molecule has 7 N–H and O–H groups in total. The molecule has 0 amide bonds. The maximum Gasteiger partial charge on any atom is 0.307 e. The van der Waals surface area contributed by atoms with Crippen LogP contribution in [0.25, 0.3) is 0 Å². The standard InChI is InChI=1S/C22H42N2O7.C17H33NO5.C16H32N2O5.2C11H23NO3/c1-4-17-29-20(26)7-10-23(11-8-21(27)30-18-5-2)13-14-24(15-16-25)12-9-22(28)31-19-6-3;1-3-14-22-16(20)8-6-5-7-10-18(12-13-19)11-9-17(21)23-15-4-2;1-3-13-22-15(20)5-9-18(11-7-17-8-12-19)10-6-16(21)23-14-4-2;1-3-6-12(8-9-13)7-5-11(14)15-10-4-2;1-2-10-15-11(14)6-4-3-5-7-12-8-9-13/h25H,4-19H2,1-3H3;19H,3-15H2,1-2H3;17,19H,3-14H2,1-2H3;13H,3-10H2,1-2H3;12-13H,2-10H2,1H3. The van der Waals surface area contributed by atoms with Gasteiger partial charge in [0.25, 0.3) is 0 Å². The molecule has 0 aliphatic carbocycles. The molecule has 30 nitrogen and oxygen atoms in total. The third kappa shape index (κ3) is 87.9. The second kappa shape index (κ2) is 89.6. The van der Waals surface area contributed by atoms with E-state index in [2.05, 4.69) is 27.4 Å². The van der Waals surface area contributed by atoms with Gasteiger partial charge in [-0.25, -0.2) is 0 Å². The Labute approximate surface area is 644 Å². The molecule has 0 spiro atoms. The van der Waals surface area contributed by atoms with Crippen LogP contribution < -0.4 is 10.6 Å². The molecule has 0 atom stereocenters. The third-order valence-electron chi connectivity index (χ3n) is 14.9. The fraction of sp³-hybridized carbons (Fsp3) is 0.883. The smallest absolute Gasteiger partial charge is 0.307 e. The summed E-state index contributed by atoms with van der Waals surface area (Å²) in [7, 11) is 0. The molecule has 0 unspecified atom stereocenters. The molecule has 30 heteroatoms. The number of rotatable bonds is 69. The zero-order chi connectivity index (χ0) is 80.9. The molecule has 0 radical (unpaired) electrons. The van der Waals surface area contributed by atoms with E-state index in [-0.39, 0.29) is 106 Å². The van der Waals surface area contributed by atoms with Crippen molar-refractivity contribution in [2.45, 2.75) is 230 Å². The van der Waals surface area contributed by atoms with Crippen LogP contribution in [-0.4, -0.2) is 321 Å². The number of aliphatic hydroxyl groups excluding tert-OH is 5. The van der Waals surface area contributed by atoms with Gasteiger partial charge >= 0.3 is 53.7 Å². The van der Waals surface area contributed by atoms with E-state index >= 15 is 0 Å². The van der Waals surface area contributed by atoms with Crippen LogP contribution in [-0.2, 0) is 85.8 Å². The van der Waals surface area contributed by atoms with Crippen molar-refractivity contribution in [3.8, 4) is 0 Å². The van der Waals surface area contributed by atoms with Gasteiger partial charge in [-0.3, -0.25) is 48.1 Å². The number of carbonyl (C=O) groups excluding carboxylic acids is 9. The molecule has 0 aromatic heterocycles. The Morgan fingerprint density at radius 1 is 0.206 bits per heavy atom. The van der Waals surface area contributed by atoms with E-state index in [1.54, 1.807) is 0 Å². The van der Waals surface area contributed by atoms with Crippen molar-refractivity contribution >= 4 is 53.7 Å². The average molecular weight is 1550 g/mol. The normalized spacial score (nSPS) is 10.8. The summed E-state index contributed by atoms with van der Waals surface area (Å²) in [6.45, 7) is 36.1. The molecule has 0 saturated heterocycles. The minimum Gasteiger partial charge on any atom is -0.466 e. The largest absolute Gasteiger partial charge is 0.466 e. The lowest BCUT2D eigenvalue weighted by Gasteiger charge is -2.27. The first-order valence-corrected chi connectivity index (χ1v) is 40.3. The summed E-state index contributed by atoms with van der Waals surface area (Å²) in [5.74, 6) is -1.73. The van der Waals surface area contributed by atoms with E-state index in [1.165, 1.54) is 0 Å². The first-order valence-electron chi connectivity index (χ1n) is 40.3. The molecule has 0 rings (SSSR count). The van der Waals surface area contributed by atoms with Gasteiger partial charge in [-0.1, -0.05) is 82.1 Å². The fourth-order valence-corrected chi connectivity index (χ4v) is 9.16. The van der Waals surface area contributed by atoms with Crippen LogP contribution in [0, 0.1) is 0 Å². The van der Waals surface area contributed by atoms with Crippen LogP contribution in [0.1, 0.15) is 230 Å². The summed E-state index contributed by atoms with van der Waals surface area (Å²) in [5, 5.41) is 50.7. The molecular weight excluding hydrogens is 1390 g/mol. The molecular formula is C77H153N7O23. The minimum absolute atomic E-state index is 0.0172. The van der Waals surface area contributed by atoms with Gasteiger partial charge in [0.1, 0.15) is 0 Å². The number of hydrogen-bond donors (Lipinski definition) is 7. The van der Waals surface area contributed by atoms with Gasteiger partial charge < -0.3 is 98.4 Å². The number of hydrogen-bond acceptors (Lipinski definition) is 30. The maximum atomic E-state index is 11.9. The summed E-state index contributed by atoms with van der Waals surface area (Å²) < 4.78 is 45.5. The summed E-state index contributed by atoms with van der Waals surface area (Å²) >= 11 is 0. The molecule has 634 valence electrons. The van der Waals surface area contributed by atoms with E-state index in [4.69, 9.17) is 63.1 Å². The van der Waals surface area contributed by atoms with E-state index < -0.39 is 0 Å². The highest BCUT2D eigenvalue weighted by Crippen LogP contribution is 2.08. The van der Waals surface area contributed by atoms with Crippen molar-refractivity contribution < 1.29 is 111 Å². The Kier molecular flexibility index (Phi) is 92.4. The highest BCUT2D eigenvalue weighted by Gasteiger charge is 2.18. The lowest BCUT2D eigenvalue weighted by Crippen LogP contribution is -2.39. The van der Waals surface area contributed by atoms with Crippen LogP contribution in [0.4, 0.5) is 0 Å². The summed E-state index contributed by atoms with van der Waals surface area (Å²) in [4.78, 5) is 114. The van der Waals surface area contributed by atoms with Gasteiger partial charge in [0, 0.05) is 118 Å². The zero-order valence-corrected chi connectivity index (χ0v) is 68.3. The van der Waals surface area contributed by atoms with Crippen molar-refractivity contribution in [1.82, 2.24) is 35.1 Å². The highest BCUT2D eigenvalue weighted by atomic mass is 16.6. The van der Waals surface area contributed by atoms with Crippen LogP contribution >= 0.6 is 0 Å². The Hall–Kier alpha value is -5.25. The van der Waals surface area contributed by atoms with Crippen LogP contribution in [0.2, 0.25) is 0 Å². The molecule has 0 aromatic rings. The van der Waals surface area contributed by atoms with Gasteiger partial charge in [-0.2, -0.15) is 0 Å². The van der Waals surface area contributed by atoms with Gasteiger partial charge in [-0.05, 0) is 110 Å². The van der Waals surface area contributed by atoms with Crippen molar-refractivity contribution in [2.75, 3.05) is 217 Å². The molecule has 0 aliphatic rings. The number of esters is 9. The van der Waals surface area contributed by atoms with E-state index in [9.17, 15) is 48.3 Å². The topological polar surface area (TPSA) is 378 Å². The van der Waals surface area contributed by atoms with Gasteiger partial charge in [-0.15, -0.1) is 0 Å². The van der Waals surface area contributed by atoms with Crippen molar-refractivity contribution in [3.05, 3.63) is 0 Å². The average Bonchev–Trinajstić information content (AvgIpc) is 1.17. The summed E-state index contributed by atoms with van der Waals surface area (Å²) in [6.07, 6.45) is 17.2. The summed E-state index contributed by atoms with van der Waals surface area (Å²) in [6, 6.07) is 0. The van der Waals surface area contributed by atoms with Crippen molar-refractivity contribution in [2.24, 2.45) is 0 Å². The van der Waals surface area contributed by atoms with E-state index in [0.29, 0.717) is 203 Å². The second-order valence-electron chi connectivity index (χ2n) is 25.2. The molecule has 0 aliphatic heterocycles. The number of nitrogens with one attached hydrogen (secondary N) is 2. The number of unbranched alkanes of at least 4 members (excludes halogenated alkanes) is 4. The third-order valence-corrected chi connectivity index (χ3v) is 14.9. The van der Waals surface area contributed by atoms with Crippen molar-refractivity contribution in [3.63, 3.8) is 0 Å². The predicted octanol–water partition coefficient (Wildman–Crippen LogP) is 6.42. The first kappa shape index (κ1) is 110. The van der Waals surface area contributed by atoms with Crippen LogP contribution in [0.5, 0.6) is 0 Å². The number of ether oxygens (including phenoxy) is 9. The van der Waals surface area contributed by atoms with Gasteiger partial charge in [0.15, 0.2) is 0 Å².